The smallest absolute Gasteiger partial charge is 0.295 e. The van der Waals surface area contributed by atoms with Crippen molar-refractivity contribution in [2.24, 2.45) is 11.7 Å². The molecule has 1 aromatic carbocycles. The highest BCUT2D eigenvalue weighted by Crippen LogP contribution is 2.25. The maximum atomic E-state index is 12.9. The molecule has 0 aliphatic rings. The van der Waals surface area contributed by atoms with Gasteiger partial charge < -0.3 is 11.1 Å². The van der Waals surface area contributed by atoms with Gasteiger partial charge in [-0.15, -0.1) is 0 Å². The summed E-state index contributed by atoms with van der Waals surface area (Å²) in [5.74, 6) is -1.38. The summed E-state index contributed by atoms with van der Waals surface area (Å²) in [4.78, 5) is 21.8. The lowest BCUT2D eigenvalue weighted by Gasteiger charge is -2.11. The Labute approximate surface area is 109 Å². The number of halogens is 1. The maximum absolute atomic E-state index is 12.9. The van der Waals surface area contributed by atoms with Gasteiger partial charge in [0, 0.05) is 5.92 Å². The van der Waals surface area contributed by atoms with Crippen LogP contribution in [0.3, 0.4) is 0 Å². The van der Waals surface area contributed by atoms with E-state index in [2.05, 4.69) is 5.32 Å². The Morgan fingerprint density at radius 2 is 2.26 bits per heavy atom. The van der Waals surface area contributed by atoms with E-state index in [-0.39, 0.29) is 17.5 Å². The number of rotatable bonds is 6. The topological polar surface area (TPSA) is 98.3 Å². The number of anilines is 1. The first-order valence-corrected chi connectivity index (χ1v) is 5.90. The van der Waals surface area contributed by atoms with Gasteiger partial charge in [-0.3, -0.25) is 14.9 Å². The first kappa shape index (κ1) is 15.0. The molecule has 0 bridgehead atoms. The van der Waals surface area contributed by atoms with Crippen molar-refractivity contribution < 1.29 is 14.1 Å². The molecule has 104 valence electrons. The molecule has 1 amide bonds. The van der Waals surface area contributed by atoms with Crippen LogP contribution in [-0.2, 0) is 4.79 Å². The quantitative estimate of drug-likeness (QED) is 0.610. The van der Waals surface area contributed by atoms with Crippen molar-refractivity contribution in [2.75, 3.05) is 11.9 Å². The molecular formula is C12H16FN3O3. The number of nitrogens with one attached hydrogen (secondary N) is 1. The maximum Gasteiger partial charge on any atom is 0.295 e. The molecule has 0 heterocycles. The number of nitrogens with zero attached hydrogens (tertiary/aromatic N) is 1. The highest BCUT2D eigenvalue weighted by atomic mass is 19.1. The average Bonchev–Trinajstić information content (AvgIpc) is 2.37. The second-order valence-corrected chi connectivity index (χ2v) is 4.24. The lowest BCUT2D eigenvalue weighted by molar-refractivity contribution is -0.384. The minimum Gasteiger partial charge on any atom is -0.330 e. The average molecular weight is 269 g/mol. The van der Waals surface area contributed by atoms with Crippen LogP contribution in [0.5, 0.6) is 0 Å². The molecule has 1 unspecified atom stereocenters. The molecule has 0 spiro atoms. The standard InChI is InChI=1S/C12H16FN3O3/c1-8(3-2-6-14)12(17)15-10-5-4-9(13)7-11(10)16(18)19/h4-5,7-8H,2-3,6,14H2,1H3,(H,15,17). The number of carbonyl (C=O) groups excluding carboxylic acids is 1. The van der Waals surface area contributed by atoms with E-state index in [0.29, 0.717) is 19.4 Å². The summed E-state index contributed by atoms with van der Waals surface area (Å²) >= 11 is 0. The Morgan fingerprint density at radius 1 is 1.58 bits per heavy atom. The van der Waals surface area contributed by atoms with Crippen molar-refractivity contribution in [3.63, 3.8) is 0 Å². The molecular weight excluding hydrogens is 253 g/mol. The van der Waals surface area contributed by atoms with Crippen LogP contribution in [0, 0.1) is 21.8 Å². The molecule has 0 radical (unpaired) electrons. The van der Waals surface area contributed by atoms with Crippen molar-refractivity contribution in [3.8, 4) is 0 Å². The number of amides is 1. The van der Waals surface area contributed by atoms with Crippen molar-refractivity contribution in [1.82, 2.24) is 0 Å². The SMILES string of the molecule is CC(CCCN)C(=O)Nc1ccc(F)cc1[N+](=O)[O-]. The van der Waals surface area contributed by atoms with E-state index in [0.717, 1.165) is 12.1 Å². The van der Waals surface area contributed by atoms with Gasteiger partial charge >= 0.3 is 0 Å². The van der Waals surface area contributed by atoms with Gasteiger partial charge in [-0.25, -0.2) is 4.39 Å². The third-order valence-corrected chi connectivity index (χ3v) is 2.70. The summed E-state index contributed by atoms with van der Waals surface area (Å²) in [6.45, 7) is 2.19. The molecule has 7 heteroatoms. The van der Waals surface area contributed by atoms with E-state index in [4.69, 9.17) is 5.73 Å². The first-order chi connectivity index (χ1) is 8.95. The van der Waals surface area contributed by atoms with Gasteiger partial charge in [0.25, 0.3) is 5.69 Å². The molecule has 0 aliphatic carbocycles. The van der Waals surface area contributed by atoms with Crippen LogP contribution in [0.25, 0.3) is 0 Å². The number of nitro benzene ring substituents is 1. The van der Waals surface area contributed by atoms with Gasteiger partial charge in [-0.05, 0) is 31.5 Å². The fourth-order valence-corrected chi connectivity index (χ4v) is 1.57. The third-order valence-electron chi connectivity index (χ3n) is 2.70. The van der Waals surface area contributed by atoms with Gasteiger partial charge in [-0.1, -0.05) is 6.92 Å². The molecule has 0 aromatic heterocycles. The monoisotopic (exact) mass is 269 g/mol. The van der Waals surface area contributed by atoms with E-state index >= 15 is 0 Å². The number of nitrogens with two attached hydrogens (primary N) is 1. The lowest BCUT2D eigenvalue weighted by Crippen LogP contribution is -2.21. The molecule has 6 nitrogen and oxygen atoms in total. The van der Waals surface area contributed by atoms with Crippen LogP contribution in [0.2, 0.25) is 0 Å². The molecule has 1 aromatic rings. The van der Waals surface area contributed by atoms with E-state index in [9.17, 15) is 19.3 Å². The molecule has 1 rings (SSSR count). The Balaban J connectivity index is 2.81. The van der Waals surface area contributed by atoms with Crippen LogP contribution in [0.15, 0.2) is 18.2 Å². The van der Waals surface area contributed by atoms with E-state index in [1.807, 2.05) is 0 Å². The van der Waals surface area contributed by atoms with Gasteiger partial charge in [0.15, 0.2) is 0 Å². The second-order valence-electron chi connectivity index (χ2n) is 4.24. The summed E-state index contributed by atoms with van der Waals surface area (Å²) in [6, 6.07) is 3.02. The second kappa shape index (κ2) is 6.79. The fraction of sp³-hybridized carbons (Fsp3) is 0.417. The largest absolute Gasteiger partial charge is 0.330 e. The summed E-state index contributed by atoms with van der Waals surface area (Å²) in [5, 5.41) is 13.2. The van der Waals surface area contributed by atoms with Crippen LogP contribution in [0.1, 0.15) is 19.8 Å². The van der Waals surface area contributed by atoms with Gasteiger partial charge in [-0.2, -0.15) is 0 Å². The molecule has 1 atom stereocenters. The van der Waals surface area contributed by atoms with Crippen LogP contribution in [-0.4, -0.2) is 17.4 Å². The number of hydrogen-bond acceptors (Lipinski definition) is 4. The minimum absolute atomic E-state index is 0.00371. The Bertz CT molecular complexity index is 479. The Kier molecular flexibility index (Phi) is 5.37. The molecule has 0 saturated carbocycles. The molecule has 0 fully saturated rings. The van der Waals surface area contributed by atoms with Crippen molar-refractivity contribution in [3.05, 3.63) is 34.1 Å². The van der Waals surface area contributed by atoms with Gasteiger partial charge in [0.2, 0.25) is 5.91 Å². The highest BCUT2D eigenvalue weighted by molar-refractivity contribution is 5.94. The van der Waals surface area contributed by atoms with Crippen LogP contribution >= 0.6 is 0 Å². The highest BCUT2D eigenvalue weighted by Gasteiger charge is 2.19. The number of benzene rings is 1. The summed E-state index contributed by atoms with van der Waals surface area (Å²) in [7, 11) is 0. The molecule has 3 N–H and O–H groups in total. The predicted octanol–water partition coefficient (Wildman–Crippen LogP) is 2.05. The lowest BCUT2D eigenvalue weighted by atomic mass is 10.0. The van der Waals surface area contributed by atoms with Crippen molar-refractivity contribution >= 4 is 17.3 Å². The van der Waals surface area contributed by atoms with Gasteiger partial charge in [0.05, 0.1) is 11.0 Å². The number of hydrogen-bond donors (Lipinski definition) is 2. The van der Waals surface area contributed by atoms with Crippen LogP contribution in [0.4, 0.5) is 15.8 Å². The zero-order valence-corrected chi connectivity index (χ0v) is 10.6. The minimum atomic E-state index is -0.733. The van der Waals surface area contributed by atoms with E-state index in [1.54, 1.807) is 6.92 Å². The van der Waals surface area contributed by atoms with Crippen molar-refractivity contribution in [2.45, 2.75) is 19.8 Å². The number of nitro groups is 1. The number of carbonyl (C=O) groups is 1. The molecule has 19 heavy (non-hydrogen) atoms. The summed E-state index contributed by atoms with van der Waals surface area (Å²) in [5.41, 5.74) is 4.88. The predicted molar refractivity (Wildman–Crippen MR) is 69.1 cm³/mol. The summed E-state index contributed by atoms with van der Waals surface area (Å²) in [6.07, 6.45) is 1.29. The Morgan fingerprint density at radius 3 is 2.84 bits per heavy atom. The first-order valence-electron chi connectivity index (χ1n) is 5.90. The van der Waals surface area contributed by atoms with Gasteiger partial charge in [0.1, 0.15) is 11.5 Å². The summed E-state index contributed by atoms with van der Waals surface area (Å²) < 4.78 is 12.9. The van der Waals surface area contributed by atoms with Crippen molar-refractivity contribution in [1.29, 1.82) is 0 Å². The zero-order chi connectivity index (χ0) is 14.4. The molecule has 0 saturated heterocycles. The van der Waals surface area contributed by atoms with E-state index < -0.39 is 16.4 Å². The Hall–Kier alpha value is -2.02. The fourth-order valence-electron chi connectivity index (χ4n) is 1.57. The zero-order valence-electron chi connectivity index (χ0n) is 10.6. The normalized spacial score (nSPS) is 11.9. The van der Waals surface area contributed by atoms with E-state index in [1.165, 1.54) is 6.07 Å². The van der Waals surface area contributed by atoms with Crippen LogP contribution < -0.4 is 11.1 Å². The third kappa shape index (κ3) is 4.29. The molecule has 0 aliphatic heterocycles.